The second kappa shape index (κ2) is 7.35. The number of piperidine rings is 1. The monoisotopic (exact) mass is 311 g/mol. The number of nitrogens with zero attached hydrogens (tertiary/aromatic N) is 1. The SMILES string of the molecule is CC(C)NCc1ccccc1S(=O)(=O)NN1CCCCC1. The molecule has 1 aromatic rings. The van der Waals surface area contributed by atoms with Gasteiger partial charge in [0.25, 0.3) is 10.0 Å². The van der Waals surface area contributed by atoms with E-state index in [0.717, 1.165) is 31.5 Å². The first-order chi connectivity index (χ1) is 9.99. The summed E-state index contributed by atoms with van der Waals surface area (Å²) in [6, 6.07) is 7.49. The molecule has 21 heavy (non-hydrogen) atoms. The van der Waals surface area contributed by atoms with E-state index in [1.807, 2.05) is 31.0 Å². The van der Waals surface area contributed by atoms with E-state index in [1.165, 1.54) is 6.42 Å². The smallest absolute Gasteiger partial charge is 0.253 e. The molecule has 0 radical (unpaired) electrons. The molecule has 1 saturated heterocycles. The van der Waals surface area contributed by atoms with Crippen molar-refractivity contribution in [2.45, 2.75) is 50.6 Å². The summed E-state index contributed by atoms with van der Waals surface area (Å²) in [5.41, 5.74) is 0.802. The zero-order valence-electron chi connectivity index (χ0n) is 12.8. The van der Waals surface area contributed by atoms with Crippen molar-refractivity contribution in [1.29, 1.82) is 0 Å². The van der Waals surface area contributed by atoms with Gasteiger partial charge < -0.3 is 5.32 Å². The molecule has 1 aliphatic rings. The molecule has 1 aliphatic heterocycles. The summed E-state index contributed by atoms with van der Waals surface area (Å²) in [7, 11) is -3.50. The van der Waals surface area contributed by atoms with Crippen LogP contribution in [0.4, 0.5) is 0 Å². The van der Waals surface area contributed by atoms with Gasteiger partial charge in [0.2, 0.25) is 0 Å². The van der Waals surface area contributed by atoms with Crippen LogP contribution in [0.5, 0.6) is 0 Å². The van der Waals surface area contributed by atoms with Gasteiger partial charge in [-0.1, -0.05) is 38.5 Å². The Labute approximate surface area is 127 Å². The predicted octanol–water partition coefficient (Wildman–Crippen LogP) is 1.86. The van der Waals surface area contributed by atoms with Crippen LogP contribution >= 0.6 is 0 Å². The van der Waals surface area contributed by atoms with Gasteiger partial charge in [0.05, 0.1) is 4.90 Å². The fourth-order valence-corrected chi connectivity index (χ4v) is 3.79. The molecule has 1 heterocycles. The molecule has 2 rings (SSSR count). The van der Waals surface area contributed by atoms with E-state index < -0.39 is 10.0 Å². The van der Waals surface area contributed by atoms with E-state index in [4.69, 9.17) is 0 Å². The molecule has 0 aliphatic carbocycles. The summed E-state index contributed by atoms with van der Waals surface area (Å²) < 4.78 is 25.2. The molecule has 6 heteroatoms. The maximum absolute atomic E-state index is 12.6. The van der Waals surface area contributed by atoms with Crippen LogP contribution in [-0.2, 0) is 16.6 Å². The Morgan fingerprint density at radius 3 is 2.48 bits per heavy atom. The Morgan fingerprint density at radius 2 is 1.81 bits per heavy atom. The molecule has 0 unspecified atom stereocenters. The lowest BCUT2D eigenvalue weighted by Crippen LogP contribution is -2.45. The zero-order valence-corrected chi connectivity index (χ0v) is 13.6. The minimum Gasteiger partial charge on any atom is -0.310 e. The largest absolute Gasteiger partial charge is 0.310 e. The second-order valence-corrected chi connectivity index (χ2v) is 7.42. The van der Waals surface area contributed by atoms with E-state index in [-0.39, 0.29) is 0 Å². The van der Waals surface area contributed by atoms with Gasteiger partial charge in [-0.15, -0.1) is 4.83 Å². The molecule has 1 aromatic carbocycles. The van der Waals surface area contributed by atoms with Crippen molar-refractivity contribution >= 4 is 10.0 Å². The second-order valence-electron chi connectivity index (χ2n) is 5.79. The molecule has 0 bridgehead atoms. The minimum atomic E-state index is -3.50. The Hall–Kier alpha value is -0.950. The van der Waals surface area contributed by atoms with Gasteiger partial charge in [0.1, 0.15) is 0 Å². The number of hydrogen-bond donors (Lipinski definition) is 2. The normalized spacial score (nSPS) is 17.3. The van der Waals surface area contributed by atoms with Crippen LogP contribution in [0.15, 0.2) is 29.2 Å². The average Bonchev–Trinajstić information content (AvgIpc) is 2.46. The molecule has 0 spiro atoms. The van der Waals surface area contributed by atoms with Crippen molar-refractivity contribution < 1.29 is 8.42 Å². The van der Waals surface area contributed by atoms with E-state index >= 15 is 0 Å². The van der Waals surface area contributed by atoms with Crippen LogP contribution in [0, 0.1) is 0 Å². The molecular weight excluding hydrogens is 286 g/mol. The summed E-state index contributed by atoms with van der Waals surface area (Å²) in [5, 5.41) is 5.08. The Bertz CT molecular complexity index is 552. The van der Waals surface area contributed by atoms with Crippen molar-refractivity contribution in [1.82, 2.24) is 15.2 Å². The van der Waals surface area contributed by atoms with Gasteiger partial charge in [-0.05, 0) is 24.5 Å². The van der Waals surface area contributed by atoms with Gasteiger partial charge in [-0.25, -0.2) is 13.4 Å². The van der Waals surface area contributed by atoms with Gasteiger partial charge in [0.15, 0.2) is 0 Å². The highest BCUT2D eigenvalue weighted by molar-refractivity contribution is 7.89. The molecule has 0 aromatic heterocycles. The first-order valence-electron chi connectivity index (χ1n) is 7.58. The first kappa shape index (κ1) is 16.4. The first-order valence-corrected chi connectivity index (χ1v) is 9.06. The summed E-state index contributed by atoms with van der Waals surface area (Å²) in [6.07, 6.45) is 3.26. The minimum absolute atomic E-state index is 0.316. The van der Waals surface area contributed by atoms with E-state index in [0.29, 0.717) is 17.5 Å². The fourth-order valence-electron chi connectivity index (χ4n) is 2.43. The topological polar surface area (TPSA) is 61.4 Å². The van der Waals surface area contributed by atoms with Gasteiger partial charge in [0, 0.05) is 25.7 Å². The van der Waals surface area contributed by atoms with E-state index in [1.54, 1.807) is 12.1 Å². The highest BCUT2D eigenvalue weighted by Crippen LogP contribution is 2.17. The van der Waals surface area contributed by atoms with Crippen LogP contribution in [0.3, 0.4) is 0 Å². The van der Waals surface area contributed by atoms with Crippen molar-refractivity contribution in [3.63, 3.8) is 0 Å². The third kappa shape index (κ3) is 4.78. The van der Waals surface area contributed by atoms with Crippen LogP contribution in [0.1, 0.15) is 38.7 Å². The molecule has 118 valence electrons. The van der Waals surface area contributed by atoms with Crippen LogP contribution < -0.4 is 10.1 Å². The molecular formula is C15H25N3O2S. The summed E-state index contributed by atoms with van der Waals surface area (Å²) in [6.45, 7) is 6.21. The summed E-state index contributed by atoms with van der Waals surface area (Å²) >= 11 is 0. The van der Waals surface area contributed by atoms with E-state index in [9.17, 15) is 8.42 Å². The van der Waals surface area contributed by atoms with Gasteiger partial charge in [-0.2, -0.15) is 0 Å². The van der Waals surface area contributed by atoms with Crippen LogP contribution in [0.2, 0.25) is 0 Å². The maximum atomic E-state index is 12.6. The summed E-state index contributed by atoms with van der Waals surface area (Å²) in [4.78, 5) is 3.08. The lowest BCUT2D eigenvalue weighted by atomic mass is 10.2. The molecule has 0 saturated carbocycles. The van der Waals surface area contributed by atoms with Crippen molar-refractivity contribution in [2.75, 3.05) is 13.1 Å². The average molecular weight is 311 g/mol. The number of nitrogens with one attached hydrogen (secondary N) is 2. The fraction of sp³-hybridized carbons (Fsp3) is 0.600. The Balaban J connectivity index is 2.14. The molecule has 0 amide bonds. The molecule has 2 N–H and O–H groups in total. The summed E-state index contributed by atoms with van der Waals surface area (Å²) in [5.74, 6) is 0. The number of hydrazine groups is 1. The van der Waals surface area contributed by atoms with Gasteiger partial charge in [-0.3, -0.25) is 0 Å². The van der Waals surface area contributed by atoms with Crippen molar-refractivity contribution in [3.05, 3.63) is 29.8 Å². The zero-order chi connectivity index (χ0) is 15.3. The highest BCUT2D eigenvalue weighted by Gasteiger charge is 2.22. The third-order valence-electron chi connectivity index (χ3n) is 3.57. The molecule has 5 nitrogen and oxygen atoms in total. The van der Waals surface area contributed by atoms with Crippen molar-refractivity contribution in [2.24, 2.45) is 0 Å². The quantitative estimate of drug-likeness (QED) is 0.842. The number of hydrogen-bond acceptors (Lipinski definition) is 4. The Kier molecular flexibility index (Phi) is 5.75. The van der Waals surface area contributed by atoms with Crippen molar-refractivity contribution in [3.8, 4) is 0 Å². The lowest BCUT2D eigenvalue weighted by Gasteiger charge is -2.27. The third-order valence-corrected chi connectivity index (χ3v) is 5.04. The molecule has 1 fully saturated rings. The number of sulfonamides is 1. The van der Waals surface area contributed by atoms with E-state index in [2.05, 4.69) is 10.1 Å². The predicted molar refractivity (Wildman–Crippen MR) is 84.2 cm³/mol. The lowest BCUT2D eigenvalue weighted by molar-refractivity contribution is 0.200. The maximum Gasteiger partial charge on any atom is 0.253 e. The van der Waals surface area contributed by atoms with Crippen LogP contribution in [0.25, 0.3) is 0 Å². The highest BCUT2D eigenvalue weighted by atomic mass is 32.2. The standard InChI is InChI=1S/C15H25N3O2S/c1-13(2)16-12-14-8-4-5-9-15(14)21(19,20)17-18-10-6-3-7-11-18/h4-5,8-9,13,16-17H,3,6-7,10-12H2,1-2H3. The van der Waals surface area contributed by atoms with Gasteiger partial charge >= 0.3 is 0 Å². The number of benzene rings is 1. The number of rotatable bonds is 6. The molecule has 0 atom stereocenters. The van der Waals surface area contributed by atoms with Crippen LogP contribution in [-0.4, -0.2) is 32.6 Å². The Morgan fingerprint density at radius 1 is 1.14 bits per heavy atom.